The molecule has 0 bridgehead atoms. The van der Waals surface area contributed by atoms with Crippen molar-refractivity contribution in [2.45, 2.75) is 38.1 Å². The first kappa shape index (κ1) is 14.3. The lowest BCUT2D eigenvalue weighted by atomic mass is 10.1. The number of sulfonamides is 1. The number of nitrogens with two attached hydrogens (primary N) is 1. The molecular formula is C13H19FN2O2S. The van der Waals surface area contributed by atoms with Crippen LogP contribution in [0.2, 0.25) is 0 Å². The van der Waals surface area contributed by atoms with E-state index in [1.807, 2.05) is 13.8 Å². The van der Waals surface area contributed by atoms with Gasteiger partial charge in [-0.05, 0) is 43.9 Å². The molecule has 19 heavy (non-hydrogen) atoms. The number of hydrogen-bond acceptors (Lipinski definition) is 3. The predicted molar refractivity (Wildman–Crippen MR) is 72.7 cm³/mol. The summed E-state index contributed by atoms with van der Waals surface area (Å²) in [4.78, 5) is -0.314. The third-order valence-electron chi connectivity index (χ3n) is 3.56. The summed E-state index contributed by atoms with van der Waals surface area (Å²) in [5.41, 5.74) is 6.15. The van der Waals surface area contributed by atoms with Crippen LogP contribution in [0.5, 0.6) is 0 Å². The molecule has 1 fully saturated rings. The predicted octanol–water partition coefficient (Wildman–Crippen LogP) is 2.14. The summed E-state index contributed by atoms with van der Waals surface area (Å²) < 4.78 is 40.6. The topological polar surface area (TPSA) is 63.4 Å². The van der Waals surface area contributed by atoms with Gasteiger partial charge in [-0.25, -0.2) is 12.8 Å². The van der Waals surface area contributed by atoms with Gasteiger partial charge in [0, 0.05) is 18.3 Å². The zero-order valence-corrected chi connectivity index (χ0v) is 12.2. The second-order valence-electron chi connectivity index (χ2n) is 5.41. The number of nitrogen functional groups attached to an aromatic ring is 1. The lowest BCUT2D eigenvalue weighted by Gasteiger charge is -2.22. The largest absolute Gasteiger partial charge is 0.399 e. The summed E-state index contributed by atoms with van der Waals surface area (Å²) in [5.74, 6) is -0.420. The molecule has 1 aliphatic heterocycles. The van der Waals surface area contributed by atoms with E-state index in [0.717, 1.165) is 6.42 Å². The molecule has 1 saturated heterocycles. The molecule has 1 aromatic rings. The molecule has 6 heteroatoms. The fourth-order valence-electron chi connectivity index (χ4n) is 2.67. The monoisotopic (exact) mass is 286 g/mol. The minimum Gasteiger partial charge on any atom is -0.399 e. The molecule has 1 aromatic carbocycles. The highest BCUT2D eigenvalue weighted by atomic mass is 32.2. The van der Waals surface area contributed by atoms with Crippen LogP contribution >= 0.6 is 0 Å². The van der Waals surface area contributed by atoms with Crippen LogP contribution in [0.25, 0.3) is 0 Å². The number of nitrogens with zero attached hydrogens (tertiary/aromatic N) is 1. The highest BCUT2D eigenvalue weighted by molar-refractivity contribution is 7.89. The van der Waals surface area contributed by atoms with Crippen molar-refractivity contribution < 1.29 is 12.8 Å². The molecule has 2 unspecified atom stereocenters. The Morgan fingerprint density at radius 3 is 2.53 bits per heavy atom. The maximum absolute atomic E-state index is 14.1. The Bertz CT molecular complexity index is 601. The molecule has 1 aliphatic rings. The van der Waals surface area contributed by atoms with Crippen LogP contribution in [0.15, 0.2) is 17.0 Å². The molecule has 2 N–H and O–H groups in total. The maximum Gasteiger partial charge on any atom is 0.246 e. The van der Waals surface area contributed by atoms with Crippen molar-refractivity contribution in [1.29, 1.82) is 0 Å². The molecule has 1 heterocycles. The average molecular weight is 286 g/mol. The standard InChI is InChI=1S/C13H19FN2O2S/c1-8-4-10(3)16(7-8)19(17,18)12-6-11(15)5-9(2)13(12)14/h5-6,8,10H,4,7,15H2,1-3H3. The van der Waals surface area contributed by atoms with Gasteiger partial charge in [0.2, 0.25) is 10.0 Å². The van der Waals surface area contributed by atoms with Crippen LogP contribution in [0.1, 0.15) is 25.8 Å². The molecule has 0 spiro atoms. The van der Waals surface area contributed by atoms with Crippen molar-refractivity contribution in [3.8, 4) is 0 Å². The summed E-state index contributed by atoms with van der Waals surface area (Å²) in [6.45, 7) is 5.78. The molecule has 0 aromatic heterocycles. The van der Waals surface area contributed by atoms with Gasteiger partial charge in [0.1, 0.15) is 10.7 Å². The normalized spacial score (nSPS) is 24.8. The Hall–Kier alpha value is -1.14. The van der Waals surface area contributed by atoms with E-state index in [0.29, 0.717) is 6.54 Å². The molecule has 2 rings (SSSR count). The van der Waals surface area contributed by atoms with Crippen LogP contribution < -0.4 is 5.73 Å². The van der Waals surface area contributed by atoms with Gasteiger partial charge in [-0.3, -0.25) is 0 Å². The van der Waals surface area contributed by atoms with Crippen LogP contribution in [0.4, 0.5) is 10.1 Å². The van der Waals surface area contributed by atoms with Gasteiger partial charge in [0.15, 0.2) is 0 Å². The number of aryl methyl sites for hydroxylation is 1. The van der Waals surface area contributed by atoms with Crippen molar-refractivity contribution in [2.24, 2.45) is 5.92 Å². The first-order valence-electron chi connectivity index (χ1n) is 6.31. The first-order valence-corrected chi connectivity index (χ1v) is 7.75. The van der Waals surface area contributed by atoms with E-state index >= 15 is 0 Å². The van der Waals surface area contributed by atoms with E-state index in [1.54, 1.807) is 0 Å². The van der Waals surface area contributed by atoms with Crippen molar-refractivity contribution >= 4 is 15.7 Å². The third kappa shape index (κ3) is 2.47. The molecule has 0 radical (unpaired) electrons. The minimum absolute atomic E-state index is 0.110. The van der Waals surface area contributed by atoms with Crippen molar-refractivity contribution in [2.75, 3.05) is 12.3 Å². The molecule has 4 nitrogen and oxygen atoms in total. The van der Waals surface area contributed by atoms with E-state index in [4.69, 9.17) is 5.73 Å². The number of anilines is 1. The third-order valence-corrected chi connectivity index (χ3v) is 5.54. The maximum atomic E-state index is 14.1. The van der Waals surface area contributed by atoms with Crippen LogP contribution in [-0.2, 0) is 10.0 Å². The molecular weight excluding hydrogens is 267 g/mol. The second kappa shape index (κ2) is 4.76. The van der Waals surface area contributed by atoms with E-state index < -0.39 is 15.8 Å². The Morgan fingerprint density at radius 2 is 2.00 bits per heavy atom. The van der Waals surface area contributed by atoms with E-state index in [1.165, 1.54) is 23.4 Å². The Morgan fingerprint density at radius 1 is 1.37 bits per heavy atom. The highest BCUT2D eigenvalue weighted by Gasteiger charge is 2.37. The molecule has 0 aliphatic carbocycles. The van der Waals surface area contributed by atoms with Gasteiger partial charge in [0.25, 0.3) is 0 Å². The molecule has 2 atom stereocenters. The Kier molecular flexibility index (Phi) is 3.57. The lowest BCUT2D eigenvalue weighted by Crippen LogP contribution is -2.34. The van der Waals surface area contributed by atoms with Gasteiger partial charge in [-0.1, -0.05) is 6.92 Å². The first-order chi connectivity index (χ1) is 8.73. The summed E-state index contributed by atoms with van der Waals surface area (Å²) in [7, 11) is -3.82. The quantitative estimate of drug-likeness (QED) is 0.847. The number of rotatable bonds is 2. The van der Waals surface area contributed by atoms with Crippen LogP contribution in [-0.4, -0.2) is 25.3 Å². The molecule has 106 valence electrons. The van der Waals surface area contributed by atoms with Gasteiger partial charge in [-0.15, -0.1) is 0 Å². The number of hydrogen-bond donors (Lipinski definition) is 1. The van der Waals surface area contributed by atoms with Crippen LogP contribution in [0.3, 0.4) is 0 Å². The fraction of sp³-hybridized carbons (Fsp3) is 0.538. The SMILES string of the molecule is Cc1cc(N)cc(S(=O)(=O)N2CC(C)CC2C)c1F. The summed E-state index contributed by atoms with van der Waals surface area (Å²) in [6, 6.07) is 2.53. The summed E-state index contributed by atoms with van der Waals surface area (Å²) in [5, 5.41) is 0. The van der Waals surface area contributed by atoms with Gasteiger partial charge >= 0.3 is 0 Å². The van der Waals surface area contributed by atoms with E-state index in [2.05, 4.69) is 0 Å². The number of halogens is 1. The summed E-state index contributed by atoms with van der Waals surface area (Å²) >= 11 is 0. The smallest absolute Gasteiger partial charge is 0.246 e. The zero-order valence-electron chi connectivity index (χ0n) is 11.4. The summed E-state index contributed by atoms with van der Waals surface area (Å²) in [6.07, 6.45) is 0.794. The van der Waals surface area contributed by atoms with E-state index in [9.17, 15) is 12.8 Å². The zero-order chi connectivity index (χ0) is 14.4. The average Bonchev–Trinajstić information content (AvgIpc) is 2.63. The minimum atomic E-state index is -3.82. The van der Waals surface area contributed by atoms with Gasteiger partial charge in [-0.2, -0.15) is 4.31 Å². The Balaban J connectivity index is 2.52. The molecule has 0 saturated carbocycles. The van der Waals surface area contributed by atoms with Crippen LogP contribution in [0, 0.1) is 18.7 Å². The Labute approximate surface area is 113 Å². The van der Waals surface area contributed by atoms with Gasteiger partial charge in [0.05, 0.1) is 0 Å². The lowest BCUT2D eigenvalue weighted by molar-refractivity contribution is 0.402. The van der Waals surface area contributed by atoms with Crippen molar-refractivity contribution in [3.05, 3.63) is 23.5 Å². The van der Waals surface area contributed by atoms with Crippen molar-refractivity contribution in [3.63, 3.8) is 0 Å². The molecule has 0 amide bonds. The highest BCUT2D eigenvalue weighted by Crippen LogP contribution is 2.31. The van der Waals surface area contributed by atoms with Crippen molar-refractivity contribution in [1.82, 2.24) is 4.31 Å². The number of benzene rings is 1. The fourth-order valence-corrected chi connectivity index (χ4v) is 4.61. The van der Waals surface area contributed by atoms with Gasteiger partial charge < -0.3 is 5.73 Å². The van der Waals surface area contributed by atoms with E-state index in [-0.39, 0.29) is 28.1 Å². The second-order valence-corrected chi connectivity index (χ2v) is 7.27.